The maximum atomic E-state index is 10.9. The van der Waals surface area contributed by atoms with Crippen LogP contribution in [0.3, 0.4) is 0 Å². The molecule has 0 fully saturated rings. The molecule has 0 spiro atoms. The lowest BCUT2D eigenvalue weighted by atomic mass is 10.2. The van der Waals surface area contributed by atoms with Gasteiger partial charge in [0, 0.05) is 5.75 Å². The van der Waals surface area contributed by atoms with Crippen LogP contribution in [0.5, 0.6) is 0 Å². The Kier molecular flexibility index (Phi) is 4.95. The number of hydrogen-bond acceptors (Lipinski definition) is 3. The molecule has 17 heavy (non-hydrogen) atoms. The monoisotopic (exact) mass is 299 g/mol. The van der Waals surface area contributed by atoms with Crippen molar-refractivity contribution in [2.75, 3.05) is 0 Å². The Labute approximate surface area is 102 Å². The Morgan fingerprint density at radius 3 is 1.88 bits per heavy atom. The van der Waals surface area contributed by atoms with Crippen LogP contribution in [-0.4, -0.2) is 23.4 Å². The normalized spacial score (nSPS) is 13.0. The molecule has 0 aliphatic heterocycles. The summed E-state index contributed by atoms with van der Waals surface area (Å²) in [4.78, 5) is 35.3. The summed E-state index contributed by atoms with van der Waals surface area (Å²) >= 11 is 0.396. The van der Waals surface area contributed by atoms with Gasteiger partial charge in [0.05, 0.1) is 0 Å². The van der Waals surface area contributed by atoms with Gasteiger partial charge in [-0.15, -0.1) is 0 Å². The van der Waals surface area contributed by atoms with Gasteiger partial charge in [-0.3, -0.25) is 0 Å². The van der Waals surface area contributed by atoms with E-state index in [-0.39, 0.29) is 9.60 Å². The smallest absolute Gasteiger partial charge is 0.312 e. The molecule has 0 unspecified atom stereocenters. The van der Waals surface area contributed by atoms with Crippen molar-refractivity contribution >= 4 is 27.4 Å². The SMILES string of the molecule is O=P(O)(O)N(SCc1ccccc1)P(=O)(O)O. The van der Waals surface area contributed by atoms with Gasteiger partial charge in [-0.1, -0.05) is 46.1 Å². The van der Waals surface area contributed by atoms with Crippen LogP contribution in [0.1, 0.15) is 5.56 Å². The summed E-state index contributed by atoms with van der Waals surface area (Å²) in [5, 5.41) is 0. The zero-order valence-corrected chi connectivity index (χ0v) is 11.1. The van der Waals surface area contributed by atoms with Crippen LogP contribution in [-0.2, 0) is 14.9 Å². The maximum Gasteiger partial charge on any atom is 0.422 e. The van der Waals surface area contributed by atoms with E-state index in [0.717, 1.165) is 0 Å². The third-order valence-electron chi connectivity index (χ3n) is 1.64. The first kappa shape index (κ1) is 14.9. The molecular weight excluding hydrogens is 288 g/mol. The molecule has 10 heteroatoms. The average Bonchev–Trinajstić information content (AvgIpc) is 2.15. The minimum atomic E-state index is -5.00. The van der Waals surface area contributed by atoms with Crippen LogP contribution < -0.4 is 0 Å². The molecule has 0 amide bonds. The van der Waals surface area contributed by atoms with E-state index in [1.807, 2.05) is 0 Å². The van der Waals surface area contributed by atoms with Gasteiger partial charge < -0.3 is 19.6 Å². The molecule has 0 saturated carbocycles. The Balaban J connectivity index is 2.77. The van der Waals surface area contributed by atoms with E-state index >= 15 is 0 Å². The molecule has 7 nitrogen and oxygen atoms in total. The maximum absolute atomic E-state index is 10.9. The van der Waals surface area contributed by atoms with Crippen molar-refractivity contribution in [3.05, 3.63) is 35.9 Å². The number of rotatable bonds is 5. The van der Waals surface area contributed by atoms with Crippen molar-refractivity contribution in [3.8, 4) is 0 Å². The molecule has 0 aliphatic carbocycles. The van der Waals surface area contributed by atoms with Crippen LogP contribution in [0.25, 0.3) is 0 Å². The Hall–Kier alpha value is -0.170. The number of nitrogens with zero attached hydrogens (tertiary/aromatic N) is 1. The van der Waals surface area contributed by atoms with E-state index in [1.54, 1.807) is 30.3 Å². The van der Waals surface area contributed by atoms with Crippen LogP contribution in [0, 0.1) is 0 Å². The summed E-state index contributed by atoms with van der Waals surface area (Å²) in [6.07, 6.45) is 0. The van der Waals surface area contributed by atoms with Gasteiger partial charge >= 0.3 is 15.5 Å². The lowest BCUT2D eigenvalue weighted by molar-refractivity contribution is 0.310. The summed E-state index contributed by atoms with van der Waals surface area (Å²) in [7, 11) is -10.0. The summed E-state index contributed by atoms with van der Waals surface area (Å²) < 4.78 is 21.6. The second-order valence-electron chi connectivity index (χ2n) is 3.04. The molecule has 0 bridgehead atoms. The first-order valence-corrected chi connectivity index (χ1v) is 8.37. The second-order valence-corrected chi connectivity index (χ2v) is 7.66. The second kappa shape index (κ2) is 5.65. The van der Waals surface area contributed by atoms with E-state index in [0.29, 0.717) is 17.5 Å². The van der Waals surface area contributed by atoms with Gasteiger partial charge in [0.25, 0.3) is 0 Å². The average molecular weight is 299 g/mol. The molecule has 0 radical (unpaired) electrons. The highest BCUT2D eigenvalue weighted by Gasteiger charge is 2.40. The van der Waals surface area contributed by atoms with Gasteiger partial charge in [-0.05, 0) is 5.56 Å². The topological polar surface area (TPSA) is 118 Å². The first-order chi connectivity index (χ1) is 7.71. The summed E-state index contributed by atoms with van der Waals surface area (Å²) in [5.74, 6) is 0.0526. The molecule has 0 atom stereocenters. The summed E-state index contributed by atoms with van der Waals surface area (Å²) in [6.45, 7) is 0. The standard InChI is InChI=1S/C7H11NO6P2S/c9-15(10,11)8(16(12,13)14)17-6-7-4-2-1-3-5-7/h1-5H,6H2,(H2,9,10,11)(H2,12,13,14). The molecule has 0 heterocycles. The quantitative estimate of drug-likeness (QED) is 0.475. The van der Waals surface area contributed by atoms with Crippen LogP contribution in [0.4, 0.5) is 0 Å². The highest BCUT2D eigenvalue weighted by molar-refractivity contribution is 8.05. The van der Waals surface area contributed by atoms with Gasteiger partial charge in [0.1, 0.15) is 0 Å². The lowest BCUT2D eigenvalue weighted by Crippen LogP contribution is -2.08. The van der Waals surface area contributed by atoms with Crippen molar-refractivity contribution in [3.63, 3.8) is 0 Å². The zero-order valence-electron chi connectivity index (χ0n) is 8.45. The molecular formula is C7H11NO6P2S. The Morgan fingerprint density at radius 1 is 1.00 bits per heavy atom. The predicted octanol–water partition coefficient (Wildman–Crippen LogP) is 1.32. The molecule has 0 aliphatic rings. The fraction of sp³-hybridized carbons (Fsp3) is 0.143. The van der Waals surface area contributed by atoms with Crippen molar-refractivity contribution in [2.45, 2.75) is 5.75 Å². The minimum absolute atomic E-state index is 0.0526. The molecule has 96 valence electrons. The number of benzene rings is 1. The molecule has 1 rings (SSSR count). The first-order valence-electron chi connectivity index (χ1n) is 4.30. The van der Waals surface area contributed by atoms with E-state index in [1.165, 1.54) is 0 Å². The van der Waals surface area contributed by atoms with Crippen molar-refractivity contribution in [1.82, 2.24) is 3.85 Å². The Morgan fingerprint density at radius 2 is 1.47 bits per heavy atom. The van der Waals surface area contributed by atoms with E-state index < -0.39 is 15.5 Å². The van der Waals surface area contributed by atoms with Crippen molar-refractivity contribution in [1.29, 1.82) is 0 Å². The number of hydrogen-bond donors (Lipinski definition) is 4. The zero-order chi connectivity index (χ0) is 13.1. The van der Waals surface area contributed by atoms with Crippen LogP contribution in [0.15, 0.2) is 30.3 Å². The van der Waals surface area contributed by atoms with E-state index in [2.05, 4.69) is 0 Å². The van der Waals surface area contributed by atoms with E-state index in [4.69, 9.17) is 19.6 Å². The summed E-state index contributed by atoms with van der Waals surface area (Å²) in [6, 6.07) is 8.57. The molecule has 1 aromatic rings. The van der Waals surface area contributed by atoms with Crippen LogP contribution in [0.2, 0.25) is 0 Å². The molecule has 0 saturated heterocycles. The fourth-order valence-electron chi connectivity index (χ4n) is 1.01. The van der Waals surface area contributed by atoms with Crippen LogP contribution >= 0.6 is 27.4 Å². The highest BCUT2D eigenvalue weighted by atomic mass is 32.2. The van der Waals surface area contributed by atoms with E-state index in [9.17, 15) is 9.13 Å². The van der Waals surface area contributed by atoms with Gasteiger partial charge in [0.2, 0.25) is 0 Å². The van der Waals surface area contributed by atoms with Crippen molar-refractivity contribution in [2.24, 2.45) is 0 Å². The summed E-state index contributed by atoms with van der Waals surface area (Å²) in [5.41, 5.74) is 0.699. The lowest BCUT2D eigenvalue weighted by Gasteiger charge is -2.21. The highest BCUT2D eigenvalue weighted by Crippen LogP contribution is 2.62. The fourth-order valence-corrected chi connectivity index (χ4v) is 4.23. The molecule has 4 N–H and O–H groups in total. The predicted molar refractivity (Wildman–Crippen MR) is 63.7 cm³/mol. The largest absolute Gasteiger partial charge is 0.422 e. The van der Waals surface area contributed by atoms with Gasteiger partial charge in [0.15, 0.2) is 0 Å². The van der Waals surface area contributed by atoms with Gasteiger partial charge in [-0.25, -0.2) is 9.13 Å². The Bertz CT molecular complexity index is 435. The molecule has 1 aromatic carbocycles. The van der Waals surface area contributed by atoms with Gasteiger partial charge in [-0.2, -0.15) is 0 Å². The minimum Gasteiger partial charge on any atom is -0.312 e. The third-order valence-corrected chi connectivity index (χ3v) is 6.59. The molecule has 0 aromatic heterocycles. The van der Waals surface area contributed by atoms with Crippen molar-refractivity contribution < 1.29 is 28.7 Å². The third kappa shape index (κ3) is 4.91.